The van der Waals surface area contributed by atoms with Gasteiger partial charge in [0.15, 0.2) is 0 Å². The van der Waals surface area contributed by atoms with E-state index in [9.17, 15) is 5.02 Å². The maximum Gasteiger partial charge on any atom is 0.504 e. The molecule has 0 fully saturated rings. The molecular weight excluding hydrogens is 397 g/mol. The van der Waals surface area contributed by atoms with E-state index in [0.717, 1.165) is 44.0 Å². The van der Waals surface area contributed by atoms with Gasteiger partial charge in [0.25, 0.3) is 0 Å². The first-order chi connectivity index (χ1) is 15.8. The Morgan fingerprint density at radius 1 is 0.688 bits per heavy atom. The van der Waals surface area contributed by atoms with Crippen molar-refractivity contribution >= 4 is 40.4 Å². The van der Waals surface area contributed by atoms with Crippen molar-refractivity contribution in [3.05, 3.63) is 97.1 Å². The van der Waals surface area contributed by atoms with Crippen LogP contribution in [0.5, 0.6) is 5.75 Å². The van der Waals surface area contributed by atoms with Crippen LogP contribution in [0, 0.1) is 0 Å². The van der Waals surface area contributed by atoms with Gasteiger partial charge in [0.2, 0.25) is 5.95 Å². The average molecular weight is 415 g/mol. The molecule has 0 saturated carbocycles. The summed E-state index contributed by atoms with van der Waals surface area (Å²) in [5, 5.41) is 12.3. The Kier molecular flexibility index (Phi) is 4.37. The Balaban J connectivity index is 1.70. The number of benzene rings is 4. The van der Waals surface area contributed by atoms with Crippen molar-refractivity contribution in [1.82, 2.24) is 14.5 Å². The van der Waals surface area contributed by atoms with Crippen molar-refractivity contribution in [2.24, 2.45) is 0 Å². The lowest BCUT2D eigenvalue weighted by atomic mass is 10.1. The van der Waals surface area contributed by atoms with Crippen LogP contribution in [-0.4, -0.2) is 27.2 Å². The van der Waals surface area contributed by atoms with E-state index in [4.69, 9.17) is 14.6 Å². The van der Waals surface area contributed by atoms with E-state index >= 15 is 0 Å². The molecule has 2 heterocycles. The van der Waals surface area contributed by atoms with Crippen molar-refractivity contribution < 1.29 is 9.68 Å². The zero-order chi connectivity index (χ0) is 21.5. The van der Waals surface area contributed by atoms with E-state index < -0.39 is 0 Å². The van der Waals surface area contributed by atoms with Gasteiger partial charge in [-0.05, 0) is 30.3 Å². The Morgan fingerprint density at radius 3 is 2.25 bits per heavy atom. The van der Waals surface area contributed by atoms with Gasteiger partial charge in [0.05, 0.1) is 22.2 Å². The molecule has 1 N–H and O–H groups in total. The third kappa shape index (κ3) is 2.93. The Bertz CT molecular complexity index is 1600. The summed E-state index contributed by atoms with van der Waals surface area (Å²) in [5.74, 6) is 1.23. The molecule has 0 amide bonds. The van der Waals surface area contributed by atoms with Gasteiger partial charge in [-0.25, -0.2) is 9.97 Å². The number of fused-ring (bicyclic) bond motifs is 4. The van der Waals surface area contributed by atoms with E-state index in [1.165, 1.54) is 0 Å². The average Bonchev–Trinajstić information content (AvgIpc) is 3.18. The molecular formula is C26H18BN3O2. The predicted molar refractivity (Wildman–Crippen MR) is 129 cm³/mol. The molecule has 6 rings (SSSR count). The van der Waals surface area contributed by atoms with Gasteiger partial charge in [-0.15, -0.1) is 0 Å². The van der Waals surface area contributed by atoms with Crippen molar-refractivity contribution in [2.75, 3.05) is 0 Å². The first-order valence-electron chi connectivity index (χ1n) is 10.4. The summed E-state index contributed by atoms with van der Waals surface area (Å²) in [6, 6.07) is 32.3. The second-order valence-electron chi connectivity index (χ2n) is 7.56. The monoisotopic (exact) mass is 415 g/mol. The van der Waals surface area contributed by atoms with Crippen molar-refractivity contribution in [2.45, 2.75) is 0 Å². The third-order valence-corrected chi connectivity index (χ3v) is 5.71. The quantitative estimate of drug-likeness (QED) is 0.410. The number of para-hydroxylation sites is 2. The zero-order valence-electron chi connectivity index (χ0n) is 17.1. The summed E-state index contributed by atoms with van der Waals surface area (Å²) in [5.41, 5.74) is 4.83. The number of nitrogens with zero attached hydrogens (tertiary/aromatic N) is 3. The van der Waals surface area contributed by atoms with Crippen LogP contribution in [0.2, 0.25) is 0 Å². The number of hydrogen-bond donors (Lipinski definition) is 1. The van der Waals surface area contributed by atoms with E-state index in [0.29, 0.717) is 11.7 Å². The van der Waals surface area contributed by atoms with Crippen LogP contribution < -0.4 is 4.65 Å². The standard InChI is InChI=1S/C26H18BN3O2/c31-27-32-18-14-15-24-21(16-18)19-10-5-7-13-23(19)30(24)26-28-22-12-6-4-11-20(22)25(29-26)17-8-2-1-3-9-17/h1-16,27,31H. The van der Waals surface area contributed by atoms with E-state index in [1.807, 2.05) is 66.7 Å². The molecule has 2 aromatic heterocycles. The van der Waals surface area contributed by atoms with Crippen LogP contribution in [0.3, 0.4) is 0 Å². The molecule has 6 heteroatoms. The minimum Gasteiger partial charge on any atom is -0.539 e. The minimum atomic E-state index is -0.363. The number of aromatic nitrogens is 3. The molecule has 5 nitrogen and oxygen atoms in total. The highest BCUT2D eigenvalue weighted by Gasteiger charge is 2.17. The van der Waals surface area contributed by atoms with Crippen LogP contribution in [0.4, 0.5) is 0 Å². The SMILES string of the molecule is OBOc1ccc2c(c1)c1ccccc1n2-c1nc(-c2ccccc2)c2ccccc2n1. The van der Waals surface area contributed by atoms with Crippen LogP contribution in [0.15, 0.2) is 97.1 Å². The molecule has 0 bridgehead atoms. The maximum atomic E-state index is 9.18. The third-order valence-electron chi connectivity index (χ3n) is 5.71. The lowest BCUT2D eigenvalue weighted by Gasteiger charge is -2.11. The molecule has 152 valence electrons. The van der Waals surface area contributed by atoms with Gasteiger partial charge in [0, 0.05) is 21.7 Å². The molecule has 4 aromatic carbocycles. The van der Waals surface area contributed by atoms with Crippen LogP contribution in [0.1, 0.15) is 0 Å². The van der Waals surface area contributed by atoms with Gasteiger partial charge >= 0.3 is 7.69 Å². The normalized spacial score (nSPS) is 11.3. The maximum absolute atomic E-state index is 9.18. The van der Waals surface area contributed by atoms with Gasteiger partial charge in [0.1, 0.15) is 5.75 Å². The summed E-state index contributed by atoms with van der Waals surface area (Å²) in [6.07, 6.45) is 0. The van der Waals surface area contributed by atoms with E-state index in [2.05, 4.69) is 34.9 Å². The van der Waals surface area contributed by atoms with E-state index in [-0.39, 0.29) is 7.69 Å². The minimum absolute atomic E-state index is 0.363. The lowest BCUT2D eigenvalue weighted by molar-refractivity contribution is 0.454. The van der Waals surface area contributed by atoms with Crippen LogP contribution >= 0.6 is 0 Å². The molecule has 0 saturated heterocycles. The fourth-order valence-electron chi connectivity index (χ4n) is 4.31. The molecule has 6 aromatic rings. The molecule has 0 aliphatic heterocycles. The Hall–Kier alpha value is -4.16. The van der Waals surface area contributed by atoms with Gasteiger partial charge in [-0.2, -0.15) is 0 Å². The highest BCUT2D eigenvalue weighted by atomic mass is 16.5. The largest absolute Gasteiger partial charge is 0.539 e. The summed E-state index contributed by atoms with van der Waals surface area (Å²) < 4.78 is 7.42. The topological polar surface area (TPSA) is 60.2 Å². The molecule has 0 aliphatic carbocycles. The molecule has 0 unspecified atom stereocenters. The van der Waals surface area contributed by atoms with Crippen molar-refractivity contribution in [1.29, 1.82) is 0 Å². The predicted octanol–water partition coefficient (Wildman–Crippen LogP) is 5.03. The highest BCUT2D eigenvalue weighted by Crippen LogP contribution is 2.35. The molecule has 0 spiro atoms. The van der Waals surface area contributed by atoms with Gasteiger partial charge in [-0.3, -0.25) is 4.57 Å². The second-order valence-corrected chi connectivity index (χ2v) is 7.56. The summed E-state index contributed by atoms with van der Waals surface area (Å²) in [4.78, 5) is 10.00. The lowest BCUT2D eigenvalue weighted by Crippen LogP contribution is -2.03. The van der Waals surface area contributed by atoms with Crippen molar-refractivity contribution in [3.63, 3.8) is 0 Å². The number of rotatable bonds is 4. The molecule has 32 heavy (non-hydrogen) atoms. The molecule has 0 aliphatic rings. The molecule has 0 radical (unpaired) electrons. The first kappa shape index (κ1) is 18.6. The van der Waals surface area contributed by atoms with Crippen molar-refractivity contribution in [3.8, 4) is 23.0 Å². The summed E-state index contributed by atoms with van der Waals surface area (Å²) in [7, 11) is -0.363. The second kappa shape index (κ2) is 7.52. The van der Waals surface area contributed by atoms with Gasteiger partial charge < -0.3 is 9.68 Å². The highest BCUT2D eigenvalue weighted by molar-refractivity contribution is 6.17. The van der Waals surface area contributed by atoms with Gasteiger partial charge in [-0.1, -0.05) is 66.7 Å². The van der Waals surface area contributed by atoms with Crippen LogP contribution in [-0.2, 0) is 0 Å². The zero-order valence-corrected chi connectivity index (χ0v) is 17.1. The summed E-state index contributed by atoms with van der Waals surface area (Å²) >= 11 is 0. The number of hydrogen-bond acceptors (Lipinski definition) is 4. The Morgan fingerprint density at radius 2 is 1.41 bits per heavy atom. The smallest absolute Gasteiger partial charge is 0.504 e. The fourth-order valence-corrected chi connectivity index (χ4v) is 4.31. The van der Waals surface area contributed by atoms with Crippen LogP contribution in [0.25, 0.3) is 49.9 Å². The Labute approximate surface area is 184 Å². The first-order valence-corrected chi connectivity index (χ1v) is 10.4. The van der Waals surface area contributed by atoms with E-state index in [1.54, 1.807) is 0 Å². The summed E-state index contributed by atoms with van der Waals surface area (Å²) in [6.45, 7) is 0. The fraction of sp³-hybridized carbons (Fsp3) is 0. The molecule has 0 atom stereocenters.